The molecule has 4 heteroatoms. The summed E-state index contributed by atoms with van der Waals surface area (Å²) in [5.74, 6) is 1.14. The first-order chi connectivity index (χ1) is 7.66. The highest BCUT2D eigenvalue weighted by molar-refractivity contribution is 5.53. The third kappa shape index (κ3) is 2.44. The van der Waals surface area contributed by atoms with E-state index in [0.29, 0.717) is 5.92 Å². The Balaban J connectivity index is 1.91. The van der Waals surface area contributed by atoms with Gasteiger partial charge in [-0.1, -0.05) is 6.42 Å². The van der Waals surface area contributed by atoms with Crippen LogP contribution in [-0.2, 0) is 0 Å². The van der Waals surface area contributed by atoms with Crippen LogP contribution in [0.25, 0.3) is 0 Å². The molecule has 1 aliphatic carbocycles. The molecule has 4 nitrogen and oxygen atoms in total. The average molecular weight is 221 g/mol. The fourth-order valence-electron chi connectivity index (χ4n) is 2.13. The van der Waals surface area contributed by atoms with E-state index in [-0.39, 0.29) is 6.10 Å². The van der Waals surface area contributed by atoms with Crippen LogP contribution in [-0.4, -0.2) is 22.7 Å². The Morgan fingerprint density at radius 2 is 2.38 bits per heavy atom. The van der Waals surface area contributed by atoms with Crippen molar-refractivity contribution in [1.29, 1.82) is 0 Å². The number of aromatic nitrogens is 1. The van der Waals surface area contributed by atoms with E-state index in [4.69, 9.17) is 5.73 Å². The van der Waals surface area contributed by atoms with Crippen molar-refractivity contribution in [3.05, 3.63) is 17.8 Å². The maximum atomic E-state index is 9.68. The zero-order valence-corrected chi connectivity index (χ0v) is 9.61. The van der Waals surface area contributed by atoms with E-state index in [0.717, 1.165) is 42.9 Å². The van der Waals surface area contributed by atoms with Gasteiger partial charge in [0.15, 0.2) is 0 Å². The molecule has 1 aromatic heterocycles. The Kier molecular flexibility index (Phi) is 3.29. The average Bonchev–Trinajstić information content (AvgIpc) is 2.66. The molecule has 0 aromatic carbocycles. The summed E-state index contributed by atoms with van der Waals surface area (Å²) in [6.45, 7) is 2.71. The molecule has 2 rings (SSSR count). The summed E-state index contributed by atoms with van der Waals surface area (Å²) in [7, 11) is 0. The van der Waals surface area contributed by atoms with Gasteiger partial charge in [-0.3, -0.25) is 0 Å². The quantitative estimate of drug-likeness (QED) is 0.724. The number of hydrogen-bond donors (Lipinski definition) is 3. The smallest absolute Gasteiger partial charge is 0.127 e. The van der Waals surface area contributed by atoms with Gasteiger partial charge in [-0.25, -0.2) is 4.98 Å². The second-order valence-electron chi connectivity index (χ2n) is 4.57. The molecule has 0 amide bonds. The molecule has 16 heavy (non-hydrogen) atoms. The van der Waals surface area contributed by atoms with Crippen molar-refractivity contribution in [3.8, 4) is 0 Å². The summed E-state index contributed by atoms with van der Waals surface area (Å²) in [5, 5.41) is 12.9. The lowest BCUT2D eigenvalue weighted by molar-refractivity contribution is 0.138. The maximum absolute atomic E-state index is 9.68. The summed E-state index contributed by atoms with van der Waals surface area (Å²) < 4.78 is 0. The number of nitrogen functional groups attached to an aromatic ring is 1. The van der Waals surface area contributed by atoms with E-state index in [1.165, 1.54) is 0 Å². The van der Waals surface area contributed by atoms with Gasteiger partial charge in [0.2, 0.25) is 0 Å². The largest absolute Gasteiger partial charge is 0.398 e. The van der Waals surface area contributed by atoms with Crippen molar-refractivity contribution in [3.63, 3.8) is 0 Å². The molecular formula is C12H19N3O. The van der Waals surface area contributed by atoms with Gasteiger partial charge < -0.3 is 16.2 Å². The zero-order valence-electron chi connectivity index (χ0n) is 9.61. The number of rotatable bonds is 3. The molecule has 1 aromatic rings. The number of pyridine rings is 1. The van der Waals surface area contributed by atoms with E-state index in [2.05, 4.69) is 10.3 Å². The highest BCUT2D eigenvalue weighted by Gasteiger charge is 2.24. The van der Waals surface area contributed by atoms with Crippen LogP contribution in [0.3, 0.4) is 0 Å². The minimum Gasteiger partial charge on any atom is -0.398 e. The van der Waals surface area contributed by atoms with Crippen molar-refractivity contribution < 1.29 is 5.11 Å². The molecule has 1 saturated carbocycles. The normalized spacial score (nSPS) is 24.6. The van der Waals surface area contributed by atoms with Crippen LogP contribution in [0.15, 0.2) is 12.3 Å². The third-order valence-corrected chi connectivity index (χ3v) is 3.31. The van der Waals surface area contributed by atoms with Crippen molar-refractivity contribution >= 4 is 11.5 Å². The van der Waals surface area contributed by atoms with Gasteiger partial charge in [0.05, 0.1) is 6.10 Å². The van der Waals surface area contributed by atoms with E-state index in [9.17, 15) is 5.11 Å². The Morgan fingerprint density at radius 1 is 1.56 bits per heavy atom. The number of nitrogens with two attached hydrogens (primary N) is 1. The Morgan fingerprint density at radius 3 is 3.00 bits per heavy atom. The minimum absolute atomic E-state index is 0.157. The van der Waals surface area contributed by atoms with Crippen LogP contribution in [0.2, 0.25) is 0 Å². The summed E-state index contributed by atoms with van der Waals surface area (Å²) in [6, 6.07) is 1.84. The first-order valence-electron chi connectivity index (χ1n) is 5.81. The summed E-state index contributed by atoms with van der Waals surface area (Å²) in [4.78, 5) is 4.25. The topological polar surface area (TPSA) is 71.2 Å². The molecular weight excluding hydrogens is 202 g/mol. The minimum atomic E-state index is -0.157. The lowest BCUT2D eigenvalue weighted by atomic mass is 10.1. The molecule has 0 saturated heterocycles. The Hall–Kier alpha value is -1.29. The Bertz CT molecular complexity index is 367. The first-order valence-corrected chi connectivity index (χ1v) is 5.81. The van der Waals surface area contributed by atoms with Crippen molar-refractivity contribution in [2.24, 2.45) is 5.92 Å². The van der Waals surface area contributed by atoms with Gasteiger partial charge in [-0.15, -0.1) is 0 Å². The summed E-state index contributed by atoms with van der Waals surface area (Å²) in [6.07, 6.45) is 4.75. The van der Waals surface area contributed by atoms with E-state index in [1.54, 1.807) is 6.20 Å². The first kappa shape index (κ1) is 11.2. The number of anilines is 2. The van der Waals surface area contributed by atoms with E-state index < -0.39 is 0 Å². The van der Waals surface area contributed by atoms with Crippen LogP contribution in [0.5, 0.6) is 0 Å². The second-order valence-corrected chi connectivity index (χ2v) is 4.57. The molecule has 0 bridgehead atoms. The molecule has 1 heterocycles. The zero-order chi connectivity index (χ0) is 11.5. The predicted molar refractivity (Wildman–Crippen MR) is 65.2 cm³/mol. The van der Waals surface area contributed by atoms with Crippen molar-refractivity contribution in [1.82, 2.24) is 4.98 Å². The van der Waals surface area contributed by atoms with Crippen LogP contribution in [0.1, 0.15) is 24.8 Å². The molecule has 4 N–H and O–H groups in total. The van der Waals surface area contributed by atoms with Crippen LogP contribution < -0.4 is 11.1 Å². The molecule has 2 atom stereocenters. The second kappa shape index (κ2) is 4.70. The van der Waals surface area contributed by atoms with Gasteiger partial charge in [0.1, 0.15) is 5.82 Å². The predicted octanol–water partition coefficient (Wildman–Crippen LogP) is 1.55. The van der Waals surface area contributed by atoms with Crippen molar-refractivity contribution in [2.75, 3.05) is 17.6 Å². The van der Waals surface area contributed by atoms with E-state index >= 15 is 0 Å². The number of aliphatic hydroxyl groups excluding tert-OH is 1. The Labute approximate surface area is 95.9 Å². The van der Waals surface area contributed by atoms with E-state index in [1.807, 2.05) is 13.0 Å². The van der Waals surface area contributed by atoms with Crippen LogP contribution in [0, 0.1) is 12.8 Å². The lowest BCUT2D eigenvalue weighted by Crippen LogP contribution is -2.22. The van der Waals surface area contributed by atoms with Gasteiger partial charge in [0, 0.05) is 30.4 Å². The van der Waals surface area contributed by atoms with Crippen molar-refractivity contribution in [2.45, 2.75) is 32.3 Å². The summed E-state index contributed by atoms with van der Waals surface area (Å²) in [5.41, 5.74) is 7.55. The highest BCUT2D eigenvalue weighted by Crippen LogP contribution is 2.25. The van der Waals surface area contributed by atoms with Crippen LogP contribution >= 0.6 is 0 Å². The molecule has 0 aliphatic heterocycles. The molecule has 1 fully saturated rings. The SMILES string of the molecule is Cc1cnc(NCC2CCCC2O)cc1N. The van der Waals surface area contributed by atoms with Gasteiger partial charge >= 0.3 is 0 Å². The number of nitrogens with zero attached hydrogens (tertiary/aromatic N) is 1. The molecule has 0 radical (unpaired) electrons. The fourth-order valence-corrected chi connectivity index (χ4v) is 2.13. The molecule has 0 spiro atoms. The summed E-state index contributed by atoms with van der Waals surface area (Å²) >= 11 is 0. The fraction of sp³-hybridized carbons (Fsp3) is 0.583. The third-order valence-electron chi connectivity index (χ3n) is 3.31. The highest BCUT2D eigenvalue weighted by atomic mass is 16.3. The maximum Gasteiger partial charge on any atom is 0.127 e. The van der Waals surface area contributed by atoms with Gasteiger partial charge in [-0.2, -0.15) is 0 Å². The molecule has 2 unspecified atom stereocenters. The van der Waals surface area contributed by atoms with Crippen LogP contribution in [0.4, 0.5) is 11.5 Å². The number of aryl methyl sites for hydroxylation is 1. The lowest BCUT2D eigenvalue weighted by Gasteiger charge is -2.15. The van der Waals surface area contributed by atoms with Gasteiger partial charge in [0.25, 0.3) is 0 Å². The number of nitrogens with one attached hydrogen (secondary N) is 1. The molecule has 1 aliphatic rings. The number of hydrogen-bond acceptors (Lipinski definition) is 4. The monoisotopic (exact) mass is 221 g/mol. The molecule has 88 valence electrons. The number of aliphatic hydroxyl groups is 1. The standard InChI is InChI=1S/C12H19N3O/c1-8-6-14-12(5-10(8)13)15-7-9-3-2-4-11(9)16/h5-6,9,11,16H,2-4,7H2,1H3,(H3,13,14,15). The van der Waals surface area contributed by atoms with Gasteiger partial charge in [-0.05, 0) is 25.3 Å².